The lowest BCUT2D eigenvalue weighted by atomic mass is 9.90. The average molecular weight is 231 g/mol. The summed E-state index contributed by atoms with van der Waals surface area (Å²) in [7, 11) is 0. The Labute approximate surface area is 97.0 Å². The van der Waals surface area contributed by atoms with Crippen LogP contribution in [-0.4, -0.2) is 36.5 Å². The SMILES string of the molecule is Cl.O=C([C@H]1CCNC1)N1CC2CCCC21. The van der Waals surface area contributed by atoms with Gasteiger partial charge in [0.15, 0.2) is 0 Å². The van der Waals surface area contributed by atoms with Gasteiger partial charge in [-0.25, -0.2) is 0 Å². The number of hydrogen-bond donors (Lipinski definition) is 1. The predicted octanol–water partition coefficient (Wildman–Crippen LogP) is 1.03. The van der Waals surface area contributed by atoms with Crippen LogP contribution in [-0.2, 0) is 4.79 Å². The molecular weight excluding hydrogens is 212 g/mol. The van der Waals surface area contributed by atoms with Gasteiger partial charge in [-0.3, -0.25) is 4.79 Å². The van der Waals surface area contributed by atoms with E-state index in [9.17, 15) is 4.79 Å². The lowest BCUT2D eigenvalue weighted by Gasteiger charge is -2.45. The number of carbonyl (C=O) groups is 1. The van der Waals surface area contributed by atoms with E-state index in [1.54, 1.807) is 0 Å². The van der Waals surface area contributed by atoms with Crippen LogP contribution in [0, 0.1) is 11.8 Å². The summed E-state index contributed by atoms with van der Waals surface area (Å²) in [6.07, 6.45) is 5.00. The van der Waals surface area contributed by atoms with Crippen molar-refractivity contribution in [3.8, 4) is 0 Å². The van der Waals surface area contributed by atoms with E-state index in [1.165, 1.54) is 19.3 Å². The quantitative estimate of drug-likeness (QED) is 0.730. The van der Waals surface area contributed by atoms with Crippen LogP contribution in [0.15, 0.2) is 0 Å². The number of nitrogens with one attached hydrogen (secondary N) is 1. The molecule has 1 aliphatic carbocycles. The van der Waals surface area contributed by atoms with Crippen molar-refractivity contribution in [1.29, 1.82) is 0 Å². The molecular formula is C11H19ClN2O. The summed E-state index contributed by atoms with van der Waals surface area (Å²) in [4.78, 5) is 14.2. The van der Waals surface area contributed by atoms with Crippen molar-refractivity contribution in [1.82, 2.24) is 10.2 Å². The summed E-state index contributed by atoms with van der Waals surface area (Å²) >= 11 is 0. The van der Waals surface area contributed by atoms with E-state index >= 15 is 0 Å². The van der Waals surface area contributed by atoms with E-state index in [-0.39, 0.29) is 18.3 Å². The highest BCUT2D eigenvalue weighted by Crippen LogP contribution is 2.39. The molecule has 3 rings (SSSR count). The molecule has 2 unspecified atom stereocenters. The van der Waals surface area contributed by atoms with Gasteiger partial charge < -0.3 is 10.2 Å². The molecule has 3 fully saturated rings. The summed E-state index contributed by atoms with van der Waals surface area (Å²) in [5, 5.41) is 3.27. The molecule has 1 saturated carbocycles. The fourth-order valence-electron chi connectivity index (χ4n) is 3.24. The number of nitrogens with zero attached hydrogens (tertiary/aromatic N) is 1. The monoisotopic (exact) mass is 230 g/mol. The second-order valence-electron chi connectivity index (χ2n) is 4.94. The lowest BCUT2D eigenvalue weighted by molar-refractivity contribution is -0.146. The third-order valence-corrected chi connectivity index (χ3v) is 4.14. The molecule has 0 bridgehead atoms. The molecule has 3 atom stereocenters. The molecule has 1 N–H and O–H groups in total. The van der Waals surface area contributed by atoms with Gasteiger partial charge in [-0.05, 0) is 31.7 Å². The Morgan fingerprint density at radius 1 is 1.27 bits per heavy atom. The smallest absolute Gasteiger partial charge is 0.227 e. The van der Waals surface area contributed by atoms with E-state index < -0.39 is 0 Å². The first-order chi connectivity index (χ1) is 6.86. The average Bonchev–Trinajstić information content (AvgIpc) is 2.75. The molecule has 4 heteroatoms. The Morgan fingerprint density at radius 2 is 2.13 bits per heavy atom. The maximum absolute atomic E-state index is 12.1. The second-order valence-corrected chi connectivity index (χ2v) is 4.94. The number of halogens is 1. The molecule has 0 aromatic rings. The third-order valence-electron chi connectivity index (χ3n) is 4.14. The van der Waals surface area contributed by atoms with Crippen LogP contribution in [0.1, 0.15) is 25.7 Å². The van der Waals surface area contributed by atoms with Crippen molar-refractivity contribution in [3.63, 3.8) is 0 Å². The molecule has 86 valence electrons. The van der Waals surface area contributed by atoms with E-state index in [0.717, 1.165) is 32.0 Å². The van der Waals surface area contributed by atoms with E-state index in [1.807, 2.05) is 0 Å². The molecule has 0 radical (unpaired) electrons. The Hall–Kier alpha value is -0.280. The van der Waals surface area contributed by atoms with Crippen molar-refractivity contribution >= 4 is 18.3 Å². The fraction of sp³-hybridized carbons (Fsp3) is 0.909. The number of fused-ring (bicyclic) bond motifs is 1. The molecule has 3 aliphatic rings. The summed E-state index contributed by atoms with van der Waals surface area (Å²) in [6.45, 7) is 2.99. The predicted molar refractivity (Wildman–Crippen MR) is 61.1 cm³/mol. The van der Waals surface area contributed by atoms with Crippen molar-refractivity contribution in [3.05, 3.63) is 0 Å². The fourth-order valence-corrected chi connectivity index (χ4v) is 3.24. The van der Waals surface area contributed by atoms with Crippen LogP contribution in [0.3, 0.4) is 0 Å². The highest BCUT2D eigenvalue weighted by molar-refractivity contribution is 5.85. The molecule has 15 heavy (non-hydrogen) atoms. The van der Waals surface area contributed by atoms with Gasteiger partial charge in [0.05, 0.1) is 5.92 Å². The number of carbonyl (C=O) groups excluding carboxylic acids is 1. The van der Waals surface area contributed by atoms with Crippen LogP contribution in [0.25, 0.3) is 0 Å². The number of amides is 1. The van der Waals surface area contributed by atoms with Crippen molar-refractivity contribution in [2.24, 2.45) is 11.8 Å². The maximum atomic E-state index is 12.1. The largest absolute Gasteiger partial charge is 0.339 e. The molecule has 0 spiro atoms. The highest BCUT2D eigenvalue weighted by atomic mass is 35.5. The Morgan fingerprint density at radius 3 is 2.80 bits per heavy atom. The minimum absolute atomic E-state index is 0. The summed E-state index contributed by atoms with van der Waals surface area (Å²) < 4.78 is 0. The molecule has 2 aliphatic heterocycles. The second kappa shape index (κ2) is 4.30. The summed E-state index contributed by atoms with van der Waals surface area (Å²) in [6, 6.07) is 0.628. The van der Waals surface area contributed by atoms with Crippen molar-refractivity contribution in [2.75, 3.05) is 19.6 Å². The number of hydrogen-bond acceptors (Lipinski definition) is 2. The van der Waals surface area contributed by atoms with Gasteiger partial charge in [-0.2, -0.15) is 0 Å². The van der Waals surface area contributed by atoms with Gasteiger partial charge in [0.25, 0.3) is 0 Å². The van der Waals surface area contributed by atoms with Crippen LogP contribution in [0.2, 0.25) is 0 Å². The molecule has 2 saturated heterocycles. The first kappa shape index (κ1) is 11.2. The number of rotatable bonds is 1. The summed E-state index contributed by atoms with van der Waals surface area (Å²) in [5.74, 6) is 1.57. The minimum atomic E-state index is 0. The molecule has 0 aromatic carbocycles. The van der Waals surface area contributed by atoms with Crippen molar-refractivity contribution in [2.45, 2.75) is 31.7 Å². The van der Waals surface area contributed by atoms with Gasteiger partial charge in [0, 0.05) is 19.1 Å². The van der Waals surface area contributed by atoms with Gasteiger partial charge in [0.1, 0.15) is 0 Å². The maximum Gasteiger partial charge on any atom is 0.227 e. The molecule has 2 heterocycles. The molecule has 3 nitrogen and oxygen atoms in total. The zero-order valence-electron chi connectivity index (χ0n) is 8.95. The summed E-state index contributed by atoms with van der Waals surface area (Å²) in [5.41, 5.74) is 0. The van der Waals surface area contributed by atoms with E-state index in [0.29, 0.717) is 11.9 Å². The van der Waals surface area contributed by atoms with Crippen LogP contribution in [0.4, 0.5) is 0 Å². The highest BCUT2D eigenvalue weighted by Gasteiger charge is 2.46. The third kappa shape index (κ3) is 1.76. The van der Waals surface area contributed by atoms with Crippen LogP contribution >= 0.6 is 12.4 Å². The zero-order valence-corrected chi connectivity index (χ0v) is 9.76. The van der Waals surface area contributed by atoms with Gasteiger partial charge in [-0.15, -0.1) is 12.4 Å². The van der Waals surface area contributed by atoms with Gasteiger partial charge in [-0.1, -0.05) is 6.42 Å². The standard InChI is InChI=1S/C11H18N2O.ClH/c14-11(8-4-5-12-6-8)13-7-9-2-1-3-10(9)13;/h8-10,12H,1-7H2;1H/t8-,9?,10?;/m0./s1. The Balaban J connectivity index is 0.000000853. The van der Waals surface area contributed by atoms with E-state index in [2.05, 4.69) is 10.2 Å². The minimum Gasteiger partial charge on any atom is -0.339 e. The van der Waals surface area contributed by atoms with Gasteiger partial charge in [0.2, 0.25) is 5.91 Å². The normalized spacial score (nSPS) is 38.1. The van der Waals surface area contributed by atoms with E-state index in [4.69, 9.17) is 0 Å². The first-order valence-corrected chi connectivity index (χ1v) is 5.87. The van der Waals surface area contributed by atoms with Crippen LogP contribution in [0.5, 0.6) is 0 Å². The van der Waals surface area contributed by atoms with Gasteiger partial charge >= 0.3 is 0 Å². The lowest BCUT2D eigenvalue weighted by Crippen LogP contribution is -2.57. The van der Waals surface area contributed by atoms with Crippen molar-refractivity contribution < 1.29 is 4.79 Å². The Kier molecular flexibility index (Phi) is 3.21. The zero-order chi connectivity index (χ0) is 9.54. The Bertz CT molecular complexity index is 253. The van der Waals surface area contributed by atoms with Crippen LogP contribution < -0.4 is 5.32 Å². The first-order valence-electron chi connectivity index (χ1n) is 5.87. The molecule has 1 amide bonds. The topological polar surface area (TPSA) is 32.3 Å². The number of likely N-dealkylation sites (tertiary alicyclic amines) is 1. The molecule has 0 aromatic heterocycles.